The molecule has 2 aromatic rings. The van der Waals surface area contributed by atoms with Crippen molar-refractivity contribution >= 4 is 5.96 Å². The minimum absolute atomic E-state index is 0.0431. The van der Waals surface area contributed by atoms with Gasteiger partial charge in [-0.2, -0.15) is 13.2 Å². The summed E-state index contributed by atoms with van der Waals surface area (Å²) >= 11 is 0. The topological polar surface area (TPSA) is 49.8 Å². The summed E-state index contributed by atoms with van der Waals surface area (Å²) in [6.07, 6.45) is -3.01. The lowest BCUT2D eigenvalue weighted by molar-refractivity contribution is -0.154. The number of nitrogens with one attached hydrogen (secondary N) is 1. The van der Waals surface area contributed by atoms with Crippen LogP contribution in [0.4, 0.5) is 13.2 Å². The maximum Gasteiger partial charge on any atom is 0.422 e. The molecular weight excluding hydrogens is 345 g/mol. The summed E-state index contributed by atoms with van der Waals surface area (Å²) in [5.74, 6) is 0.568. The highest BCUT2D eigenvalue weighted by atomic mass is 19.4. The third kappa shape index (κ3) is 6.27. The molecule has 0 fully saturated rings. The van der Waals surface area contributed by atoms with Crippen LogP contribution < -0.4 is 10.1 Å². The second kappa shape index (κ2) is 9.07. The van der Waals surface area contributed by atoms with Gasteiger partial charge in [-0.25, -0.2) is 4.98 Å². The molecule has 0 bridgehead atoms. The standard InChI is InChI=1S/C18H21F3N4O/c1-22-17(25(2)12-14-7-4-3-5-8-14)24-11-15-9-6-10-23-16(15)26-13-18(19,20)21/h3-10H,11-13H2,1-2H3,(H,22,24). The Labute approximate surface area is 150 Å². The molecule has 0 aliphatic carbocycles. The average molecular weight is 366 g/mol. The van der Waals surface area contributed by atoms with Crippen LogP contribution in [0.2, 0.25) is 0 Å². The number of aromatic nitrogens is 1. The molecule has 140 valence electrons. The van der Waals surface area contributed by atoms with E-state index in [0.717, 1.165) is 5.56 Å². The zero-order valence-corrected chi connectivity index (χ0v) is 14.6. The Bertz CT molecular complexity index is 720. The molecule has 0 atom stereocenters. The molecule has 26 heavy (non-hydrogen) atoms. The maximum atomic E-state index is 12.4. The molecule has 2 rings (SSSR count). The van der Waals surface area contributed by atoms with Gasteiger partial charge in [-0.05, 0) is 11.6 Å². The van der Waals surface area contributed by atoms with E-state index in [-0.39, 0.29) is 12.4 Å². The number of ether oxygens (including phenoxy) is 1. The summed E-state index contributed by atoms with van der Waals surface area (Å²) in [4.78, 5) is 10.0. The van der Waals surface area contributed by atoms with Gasteiger partial charge in [0.15, 0.2) is 12.6 Å². The van der Waals surface area contributed by atoms with E-state index in [2.05, 4.69) is 15.3 Å². The molecular formula is C18H21F3N4O. The number of rotatable bonds is 6. The maximum absolute atomic E-state index is 12.4. The number of hydrogen-bond acceptors (Lipinski definition) is 3. The molecule has 1 heterocycles. The first-order valence-corrected chi connectivity index (χ1v) is 7.98. The quantitative estimate of drug-likeness (QED) is 0.630. The van der Waals surface area contributed by atoms with Gasteiger partial charge in [0, 0.05) is 38.9 Å². The van der Waals surface area contributed by atoms with Crippen molar-refractivity contribution in [3.63, 3.8) is 0 Å². The van der Waals surface area contributed by atoms with Crippen LogP contribution in [0, 0.1) is 0 Å². The van der Waals surface area contributed by atoms with E-state index < -0.39 is 12.8 Å². The largest absolute Gasteiger partial charge is 0.468 e. The molecule has 1 aromatic heterocycles. The second-order valence-electron chi connectivity index (χ2n) is 5.61. The van der Waals surface area contributed by atoms with Gasteiger partial charge in [0.25, 0.3) is 0 Å². The van der Waals surface area contributed by atoms with Crippen LogP contribution in [-0.4, -0.2) is 42.7 Å². The number of halogens is 3. The first-order valence-electron chi connectivity index (χ1n) is 7.98. The number of aliphatic imine (C=N–C) groups is 1. The van der Waals surface area contributed by atoms with Gasteiger partial charge in [-0.3, -0.25) is 4.99 Å². The molecule has 0 spiro atoms. The van der Waals surface area contributed by atoms with Crippen LogP contribution in [0.15, 0.2) is 53.7 Å². The number of guanidine groups is 1. The molecule has 8 heteroatoms. The lowest BCUT2D eigenvalue weighted by atomic mass is 10.2. The molecule has 1 aromatic carbocycles. The van der Waals surface area contributed by atoms with Gasteiger partial charge in [-0.15, -0.1) is 0 Å². The zero-order chi connectivity index (χ0) is 19.0. The van der Waals surface area contributed by atoms with Gasteiger partial charge in [-0.1, -0.05) is 36.4 Å². The average Bonchev–Trinajstić information content (AvgIpc) is 2.61. The highest BCUT2D eigenvalue weighted by molar-refractivity contribution is 5.79. The molecule has 5 nitrogen and oxygen atoms in total. The van der Waals surface area contributed by atoms with E-state index in [4.69, 9.17) is 4.74 Å². The summed E-state index contributed by atoms with van der Waals surface area (Å²) in [6.45, 7) is -0.489. The number of alkyl halides is 3. The third-order valence-corrected chi connectivity index (χ3v) is 3.50. The Morgan fingerprint density at radius 3 is 2.58 bits per heavy atom. The first-order chi connectivity index (χ1) is 12.4. The Hall–Kier alpha value is -2.77. The van der Waals surface area contributed by atoms with Crippen LogP contribution >= 0.6 is 0 Å². The second-order valence-corrected chi connectivity index (χ2v) is 5.61. The van der Waals surface area contributed by atoms with Crippen molar-refractivity contribution in [3.05, 3.63) is 59.8 Å². The number of benzene rings is 1. The fraction of sp³-hybridized carbons (Fsp3) is 0.333. The van der Waals surface area contributed by atoms with Crippen LogP contribution in [0.25, 0.3) is 0 Å². The first kappa shape index (κ1) is 19.6. The Balaban J connectivity index is 1.98. The van der Waals surface area contributed by atoms with Gasteiger partial charge >= 0.3 is 6.18 Å². The van der Waals surface area contributed by atoms with E-state index >= 15 is 0 Å². The van der Waals surface area contributed by atoms with Crippen LogP contribution in [0.3, 0.4) is 0 Å². The van der Waals surface area contributed by atoms with Crippen molar-refractivity contribution in [2.75, 3.05) is 20.7 Å². The number of nitrogens with zero attached hydrogens (tertiary/aromatic N) is 3. The van der Waals surface area contributed by atoms with E-state index in [0.29, 0.717) is 18.1 Å². The molecule has 0 aliphatic heterocycles. The van der Waals surface area contributed by atoms with Crippen LogP contribution in [-0.2, 0) is 13.1 Å². The normalized spacial score (nSPS) is 12.0. The lowest BCUT2D eigenvalue weighted by Crippen LogP contribution is -2.38. The summed E-state index contributed by atoms with van der Waals surface area (Å²) in [7, 11) is 3.53. The number of pyridine rings is 1. The Morgan fingerprint density at radius 1 is 1.19 bits per heavy atom. The molecule has 1 N–H and O–H groups in total. The van der Waals surface area contributed by atoms with Crippen molar-refractivity contribution in [1.82, 2.24) is 15.2 Å². The highest BCUT2D eigenvalue weighted by Crippen LogP contribution is 2.19. The minimum atomic E-state index is -4.41. The zero-order valence-electron chi connectivity index (χ0n) is 14.6. The van der Waals surface area contributed by atoms with E-state index in [1.807, 2.05) is 42.3 Å². The molecule has 0 saturated carbocycles. The lowest BCUT2D eigenvalue weighted by Gasteiger charge is -2.22. The van der Waals surface area contributed by atoms with Gasteiger partial charge in [0.2, 0.25) is 5.88 Å². The van der Waals surface area contributed by atoms with Gasteiger partial charge in [0.1, 0.15) is 0 Å². The predicted molar refractivity (Wildman–Crippen MR) is 93.9 cm³/mol. The Kier molecular flexibility index (Phi) is 6.82. The molecule has 0 aliphatic rings. The van der Waals surface area contributed by atoms with Crippen molar-refractivity contribution in [1.29, 1.82) is 0 Å². The molecule has 0 saturated heterocycles. The van der Waals surface area contributed by atoms with Crippen molar-refractivity contribution < 1.29 is 17.9 Å². The molecule has 0 amide bonds. The molecule has 0 radical (unpaired) electrons. The van der Waals surface area contributed by atoms with Crippen molar-refractivity contribution in [2.24, 2.45) is 4.99 Å². The monoisotopic (exact) mass is 366 g/mol. The predicted octanol–water partition coefficient (Wildman–Crippen LogP) is 3.23. The van der Waals surface area contributed by atoms with E-state index in [1.54, 1.807) is 19.2 Å². The van der Waals surface area contributed by atoms with E-state index in [1.165, 1.54) is 6.20 Å². The summed E-state index contributed by atoms with van der Waals surface area (Å²) in [6, 6.07) is 13.2. The van der Waals surface area contributed by atoms with Crippen LogP contribution in [0.1, 0.15) is 11.1 Å². The van der Waals surface area contributed by atoms with Crippen molar-refractivity contribution in [2.45, 2.75) is 19.3 Å². The third-order valence-electron chi connectivity index (χ3n) is 3.50. The summed E-state index contributed by atoms with van der Waals surface area (Å²) in [5, 5.41) is 3.12. The molecule has 0 unspecified atom stereocenters. The van der Waals surface area contributed by atoms with E-state index in [9.17, 15) is 13.2 Å². The van der Waals surface area contributed by atoms with Gasteiger partial charge in [0.05, 0.1) is 0 Å². The Morgan fingerprint density at radius 2 is 1.92 bits per heavy atom. The smallest absolute Gasteiger partial charge is 0.422 e. The van der Waals surface area contributed by atoms with Crippen LogP contribution in [0.5, 0.6) is 5.88 Å². The SMILES string of the molecule is CN=C(NCc1cccnc1OCC(F)(F)F)N(C)Cc1ccccc1. The number of hydrogen-bond donors (Lipinski definition) is 1. The fourth-order valence-electron chi connectivity index (χ4n) is 2.33. The van der Waals surface area contributed by atoms with Crippen molar-refractivity contribution in [3.8, 4) is 5.88 Å². The summed E-state index contributed by atoms with van der Waals surface area (Å²) in [5.41, 5.74) is 1.64. The summed E-state index contributed by atoms with van der Waals surface area (Å²) < 4.78 is 41.9. The fourth-order valence-corrected chi connectivity index (χ4v) is 2.33. The highest BCUT2D eigenvalue weighted by Gasteiger charge is 2.29. The van der Waals surface area contributed by atoms with Gasteiger partial charge < -0.3 is 15.0 Å². The minimum Gasteiger partial charge on any atom is -0.468 e.